The Hall–Kier alpha value is -2.21. The van der Waals surface area contributed by atoms with E-state index in [-0.39, 0.29) is 36.5 Å². The van der Waals surface area contributed by atoms with Crippen LogP contribution in [-0.4, -0.2) is 66.2 Å². The van der Waals surface area contributed by atoms with Crippen molar-refractivity contribution in [2.45, 2.75) is 39.7 Å². The summed E-state index contributed by atoms with van der Waals surface area (Å²) in [6.07, 6.45) is 0.472. The molecule has 1 aliphatic rings. The van der Waals surface area contributed by atoms with Crippen molar-refractivity contribution in [1.82, 2.24) is 15.1 Å². The third-order valence-corrected chi connectivity index (χ3v) is 4.48. The molecular weight excluding hydrogens is 330 g/mol. The van der Waals surface area contributed by atoms with Crippen LogP contribution in [0.2, 0.25) is 0 Å². The van der Waals surface area contributed by atoms with E-state index < -0.39 is 0 Å². The predicted octanol–water partition coefficient (Wildman–Crippen LogP) is 1.63. The summed E-state index contributed by atoms with van der Waals surface area (Å²) in [6.45, 7) is 8.79. The van der Waals surface area contributed by atoms with Crippen LogP contribution in [0.5, 0.6) is 0 Å². The summed E-state index contributed by atoms with van der Waals surface area (Å²) in [6, 6.07) is 7.57. The molecule has 1 aromatic carbocycles. The molecule has 142 valence electrons. The van der Waals surface area contributed by atoms with Crippen molar-refractivity contribution in [2.24, 2.45) is 0 Å². The van der Waals surface area contributed by atoms with Gasteiger partial charge in [0.2, 0.25) is 11.8 Å². The molecule has 0 saturated carbocycles. The van der Waals surface area contributed by atoms with Gasteiger partial charge in [-0.25, -0.2) is 0 Å². The SMILES string of the molecule is Cc1ccc(C(=O)CCC(=O)N2CCN(CC(=O)NC(C)C)CC2)cc1. The lowest BCUT2D eigenvalue weighted by atomic mass is 10.0. The van der Waals surface area contributed by atoms with Crippen molar-refractivity contribution in [2.75, 3.05) is 32.7 Å². The average Bonchev–Trinajstić information content (AvgIpc) is 2.60. The zero-order valence-electron chi connectivity index (χ0n) is 16.0. The van der Waals surface area contributed by atoms with Crippen LogP contribution >= 0.6 is 0 Å². The number of nitrogens with zero attached hydrogens (tertiary/aromatic N) is 2. The Morgan fingerprint density at radius 3 is 2.19 bits per heavy atom. The second-order valence-corrected chi connectivity index (χ2v) is 7.17. The normalized spacial score (nSPS) is 15.2. The highest BCUT2D eigenvalue weighted by molar-refractivity contribution is 5.98. The highest BCUT2D eigenvalue weighted by Gasteiger charge is 2.23. The van der Waals surface area contributed by atoms with E-state index in [1.807, 2.05) is 45.0 Å². The standard InChI is InChI=1S/C20H29N3O3/c1-15(2)21-19(25)14-22-10-12-23(13-11-22)20(26)9-8-18(24)17-6-4-16(3)5-7-17/h4-7,15H,8-14H2,1-3H3,(H,21,25). The van der Waals surface area contributed by atoms with E-state index in [1.54, 1.807) is 4.90 Å². The van der Waals surface area contributed by atoms with Crippen LogP contribution in [-0.2, 0) is 9.59 Å². The van der Waals surface area contributed by atoms with Crippen LogP contribution in [0.15, 0.2) is 24.3 Å². The van der Waals surface area contributed by atoms with Gasteiger partial charge in [0.15, 0.2) is 5.78 Å². The van der Waals surface area contributed by atoms with Gasteiger partial charge in [-0.2, -0.15) is 0 Å². The lowest BCUT2D eigenvalue weighted by Gasteiger charge is -2.34. The molecule has 0 bridgehead atoms. The number of hydrogen-bond acceptors (Lipinski definition) is 4. The number of Topliss-reactive ketones (excluding diaryl/α,β-unsaturated/α-hetero) is 1. The van der Waals surface area contributed by atoms with E-state index in [0.717, 1.165) is 5.56 Å². The van der Waals surface area contributed by atoms with Gasteiger partial charge in [0, 0.05) is 50.6 Å². The maximum atomic E-state index is 12.3. The van der Waals surface area contributed by atoms with E-state index in [0.29, 0.717) is 38.3 Å². The first-order valence-corrected chi connectivity index (χ1v) is 9.24. The molecule has 0 unspecified atom stereocenters. The fraction of sp³-hybridized carbons (Fsp3) is 0.550. The van der Waals surface area contributed by atoms with Crippen molar-refractivity contribution in [3.05, 3.63) is 35.4 Å². The minimum Gasteiger partial charge on any atom is -0.353 e. The second kappa shape index (κ2) is 9.48. The van der Waals surface area contributed by atoms with Gasteiger partial charge in [-0.15, -0.1) is 0 Å². The summed E-state index contributed by atoms with van der Waals surface area (Å²) in [5.41, 5.74) is 1.77. The average molecular weight is 359 g/mol. The molecule has 1 saturated heterocycles. The maximum absolute atomic E-state index is 12.3. The van der Waals surface area contributed by atoms with Crippen molar-refractivity contribution in [3.63, 3.8) is 0 Å². The molecule has 0 spiro atoms. The zero-order valence-corrected chi connectivity index (χ0v) is 16.0. The van der Waals surface area contributed by atoms with Crippen molar-refractivity contribution in [1.29, 1.82) is 0 Å². The van der Waals surface area contributed by atoms with Crippen LogP contribution in [0, 0.1) is 6.92 Å². The second-order valence-electron chi connectivity index (χ2n) is 7.17. The number of carbonyl (C=O) groups is 3. The van der Waals surface area contributed by atoms with Crippen LogP contribution in [0.3, 0.4) is 0 Å². The zero-order chi connectivity index (χ0) is 19.1. The fourth-order valence-electron chi connectivity index (χ4n) is 2.99. The molecule has 1 aliphatic heterocycles. The van der Waals surface area contributed by atoms with E-state index in [2.05, 4.69) is 10.2 Å². The molecule has 1 fully saturated rings. The van der Waals surface area contributed by atoms with Gasteiger partial charge in [-0.1, -0.05) is 29.8 Å². The Morgan fingerprint density at radius 2 is 1.62 bits per heavy atom. The lowest BCUT2D eigenvalue weighted by Crippen LogP contribution is -2.51. The summed E-state index contributed by atoms with van der Waals surface area (Å²) >= 11 is 0. The minimum atomic E-state index is 0.00217. The molecule has 6 heteroatoms. The van der Waals surface area contributed by atoms with E-state index in [1.165, 1.54) is 0 Å². The van der Waals surface area contributed by atoms with Gasteiger partial charge in [-0.3, -0.25) is 19.3 Å². The number of carbonyl (C=O) groups excluding carboxylic acids is 3. The number of aryl methyl sites for hydroxylation is 1. The highest BCUT2D eigenvalue weighted by atomic mass is 16.2. The molecule has 0 atom stereocenters. The summed E-state index contributed by atoms with van der Waals surface area (Å²) < 4.78 is 0. The topological polar surface area (TPSA) is 69.7 Å². The minimum absolute atomic E-state index is 0.00217. The molecular formula is C20H29N3O3. The van der Waals surface area contributed by atoms with Gasteiger partial charge in [0.05, 0.1) is 6.54 Å². The Balaban J connectivity index is 1.72. The van der Waals surface area contributed by atoms with Gasteiger partial charge in [-0.05, 0) is 20.8 Å². The number of nitrogens with one attached hydrogen (secondary N) is 1. The van der Waals surface area contributed by atoms with Gasteiger partial charge < -0.3 is 10.2 Å². The molecule has 1 aromatic rings. The lowest BCUT2D eigenvalue weighted by molar-refractivity contribution is -0.133. The molecule has 0 radical (unpaired) electrons. The van der Waals surface area contributed by atoms with Crippen LogP contribution in [0.25, 0.3) is 0 Å². The summed E-state index contributed by atoms with van der Waals surface area (Å²) in [5.74, 6) is 0.0301. The number of benzene rings is 1. The molecule has 1 heterocycles. The third-order valence-electron chi connectivity index (χ3n) is 4.48. The van der Waals surface area contributed by atoms with Crippen LogP contribution in [0.1, 0.15) is 42.6 Å². The largest absolute Gasteiger partial charge is 0.353 e. The van der Waals surface area contributed by atoms with Crippen molar-refractivity contribution < 1.29 is 14.4 Å². The molecule has 2 rings (SSSR count). The predicted molar refractivity (Wildman–Crippen MR) is 101 cm³/mol. The Labute approximate surface area is 155 Å². The van der Waals surface area contributed by atoms with E-state index >= 15 is 0 Å². The first-order chi connectivity index (χ1) is 12.3. The van der Waals surface area contributed by atoms with E-state index in [9.17, 15) is 14.4 Å². The van der Waals surface area contributed by atoms with Crippen molar-refractivity contribution in [3.8, 4) is 0 Å². The maximum Gasteiger partial charge on any atom is 0.234 e. The number of hydrogen-bond donors (Lipinski definition) is 1. The monoisotopic (exact) mass is 359 g/mol. The number of ketones is 1. The Bertz CT molecular complexity index is 632. The summed E-state index contributed by atoms with van der Waals surface area (Å²) in [4.78, 5) is 40.2. The summed E-state index contributed by atoms with van der Waals surface area (Å²) in [5, 5.41) is 2.88. The Kier molecular flexibility index (Phi) is 7.33. The molecule has 1 N–H and O–H groups in total. The highest BCUT2D eigenvalue weighted by Crippen LogP contribution is 2.10. The molecule has 26 heavy (non-hydrogen) atoms. The number of piperazine rings is 1. The van der Waals surface area contributed by atoms with Crippen LogP contribution in [0.4, 0.5) is 0 Å². The van der Waals surface area contributed by atoms with E-state index in [4.69, 9.17) is 0 Å². The van der Waals surface area contributed by atoms with Gasteiger partial charge >= 0.3 is 0 Å². The third kappa shape index (κ3) is 6.26. The molecule has 2 amide bonds. The first kappa shape index (κ1) is 20.1. The molecule has 6 nitrogen and oxygen atoms in total. The summed E-state index contributed by atoms with van der Waals surface area (Å²) in [7, 11) is 0. The fourth-order valence-corrected chi connectivity index (χ4v) is 2.99. The van der Waals surface area contributed by atoms with Crippen LogP contribution < -0.4 is 5.32 Å². The van der Waals surface area contributed by atoms with Gasteiger partial charge in [0.1, 0.15) is 0 Å². The number of amides is 2. The molecule has 0 aliphatic carbocycles. The smallest absolute Gasteiger partial charge is 0.234 e. The van der Waals surface area contributed by atoms with Gasteiger partial charge in [0.25, 0.3) is 0 Å². The molecule has 0 aromatic heterocycles. The number of rotatable bonds is 7. The quantitative estimate of drug-likeness (QED) is 0.751. The first-order valence-electron chi connectivity index (χ1n) is 9.24. The Morgan fingerprint density at radius 1 is 1.00 bits per heavy atom. The van der Waals surface area contributed by atoms with Crippen molar-refractivity contribution >= 4 is 17.6 Å².